The molecular weight excluding hydrogens is 302 g/mol. The third-order valence-electron chi connectivity index (χ3n) is 4.53. The molecule has 122 valence electrons. The molecule has 0 unspecified atom stereocenters. The van der Waals surface area contributed by atoms with Crippen molar-refractivity contribution in [2.24, 2.45) is 7.05 Å². The summed E-state index contributed by atoms with van der Waals surface area (Å²) in [6, 6.07) is 9.63. The Morgan fingerprint density at radius 1 is 1.17 bits per heavy atom. The van der Waals surface area contributed by atoms with Crippen molar-refractivity contribution in [1.29, 1.82) is 0 Å². The summed E-state index contributed by atoms with van der Waals surface area (Å²) in [5.74, 6) is 0. The van der Waals surface area contributed by atoms with Gasteiger partial charge in [0.25, 0.3) is 5.56 Å². The summed E-state index contributed by atoms with van der Waals surface area (Å²) in [6.07, 6.45) is 0.851. The molecule has 0 atom stereocenters. The van der Waals surface area contributed by atoms with Crippen molar-refractivity contribution < 1.29 is 0 Å². The average molecular weight is 321 g/mol. The van der Waals surface area contributed by atoms with Gasteiger partial charge in [0.05, 0.1) is 28.1 Å². The highest BCUT2D eigenvalue weighted by Crippen LogP contribution is 2.19. The van der Waals surface area contributed by atoms with Crippen LogP contribution in [-0.4, -0.2) is 31.2 Å². The van der Waals surface area contributed by atoms with E-state index < -0.39 is 0 Å². The lowest BCUT2D eigenvalue weighted by Gasteiger charge is -2.28. The Hall–Kier alpha value is -2.60. The quantitative estimate of drug-likeness (QED) is 0.717. The molecule has 1 aliphatic heterocycles. The molecule has 6 heteroatoms. The van der Waals surface area contributed by atoms with Crippen LogP contribution in [0.3, 0.4) is 0 Å². The molecule has 0 fully saturated rings. The van der Waals surface area contributed by atoms with Gasteiger partial charge < -0.3 is 0 Å². The molecule has 3 heterocycles. The molecule has 0 N–H and O–H groups in total. The van der Waals surface area contributed by atoms with Crippen LogP contribution in [0.1, 0.15) is 22.6 Å². The molecule has 0 spiro atoms. The maximum atomic E-state index is 11.8. The van der Waals surface area contributed by atoms with Gasteiger partial charge in [0.15, 0.2) is 0 Å². The summed E-state index contributed by atoms with van der Waals surface area (Å²) in [6.45, 7) is 4.38. The number of nitrogens with zero attached hydrogens (tertiary/aromatic N) is 5. The van der Waals surface area contributed by atoms with Crippen molar-refractivity contribution in [3.8, 4) is 0 Å². The van der Waals surface area contributed by atoms with Gasteiger partial charge in [-0.15, -0.1) is 0 Å². The van der Waals surface area contributed by atoms with E-state index in [2.05, 4.69) is 15.0 Å². The van der Waals surface area contributed by atoms with Crippen LogP contribution >= 0.6 is 0 Å². The Labute approximate surface area is 139 Å². The van der Waals surface area contributed by atoms with Gasteiger partial charge >= 0.3 is 0 Å². The molecule has 0 aliphatic carbocycles. The second-order valence-electron chi connectivity index (χ2n) is 6.28. The number of hydrogen-bond acceptors (Lipinski definition) is 5. The molecule has 6 nitrogen and oxygen atoms in total. The summed E-state index contributed by atoms with van der Waals surface area (Å²) in [7, 11) is 1.70. The van der Waals surface area contributed by atoms with Gasteiger partial charge in [0.2, 0.25) is 0 Å². The first-order chi connectivity index (χ1) is 11.6. The molecule has 24 heavy (non-hydrogen) atoms. The first-order valence-corrected chi connectivity index (χ1v) is 8.11. The molecule has 2 aromatic heterocycles. The lowest BCUT2D eigenvalue weighted by atomic mass is 10.1. The van der Waals surface area contributed by atoms with Gasteiger partial charge in [-0.3, -0.25) is 9.69 Å². The van der Waals surface area contributed by atoms with E-state index in [-0.39, 0.29) is 5.56 Å². The van der Waals surface area contributed by atoms with Gasteiger partial charge in [-0.1, -0.05) is 12.1 Å². The van der Waals surface area contributed by atoms with Crippen LogP contribution in [0.4, 0.5) is 0 Å². The van der Waals surface area contributed by atoms with Crippen LogP contribution in [0.5, 0.6) is 0 Å². The molecule has 4 rings (SSSR count). The fourth-order valence-electron chi connectivity index (χ4n) is 3.17. The molecule has 3 aromatic rings. The second-order valence-corrected chi connectivity index (χ2v) is 6.28. The van der Waals surface area contributed by atoms with Crippen molar-refractivity contribution in [3.63, 3.8) is 0 Å². The normalized spacial score (nSPS) is 14.8. The molecule has 0 amide bonds. The summed E-state index contributed by atoms with van der Waals surface area (Å²) < 4.78 is 1.41. The van der Waals surface area contributed by atoms with E-state index in [4.69, 9.17) is 4.98 Å². The van der Waals surface area contributed by atoms with Crippen LogP contribution < -0.4 is 5.56 Å². The Bertz CT molecular complexity index is 979. The Morgan fingerprint density at radius 2 is 1.92 bits per heavy atom. The monoisotopic (exact) mass is 321 g/mol. The number of benzene rings is 1. The second kappa shape index (κ2) is 5.79. The zero-order chi connectivity index (χ0) is 16.7. The molecule has 1 aromatic carbocycles. The first-order valence-electron chi connectivity index (χ1n) is 8.11. The van der Waals surface area contributed by atoms with Gasteiger partial charge in [-0.2, -0.15) is 5.10 Å². The van der Waals surface area contributed by atoms with Crippen LogP contribution in [-0.2, 0) is 26.6 Å². The van der Waals surface area contributed by atoms with Crippen LogP contribution in [0.25, 0.3) is 11.0 Å². The number of rotatable bonds is 2. The zero-order valence-corrected chi connectivity index (χ0v) is 13.9. The molecule has 0 saturated carbocycles. The lowest BCUT2D eigenvalue weighted by Crippen LogP contribution is -2.34. The van der Waals surface area contributed by atoms with Crippen molar-refractivity contribution in [1.82, 2.24) is 24.6 Å². The number of aromatic nitrogens is 4. The van der Waals surface area contributed by atoms with E-state index >= 15 is 0 Å². The third kappa shape index (κ3) is 2.69. The third-order valence-corrected chi connectivity index (χ3v) is 4.53. The zero-order valence-electron chi connectivity index (χ0n) is 13.9. The highest BCUT2D eigenvalue weighted by molar-refractivity contribution is 5.74. The number of para-hydroxylation sites is 2. The van der Waals surface area contributed by atoms with E-state index in [9.17, 15) is 4.79 Å². The minimum Gasteiger partial charge on any atom is -0.293 e. The van der Waals surface area contributed by atoms with Gasteiger partial charge in [0.1, 0.15) is 0 Å². The standard InChI is InChI=1S/C18H19N5O/c1-12-17(20-16-6-4-3-5-15(16)19-12)11-23-8-7-14-13(10-23)9-18(24)22(2)21-14/h3-6,9H,7-8,10-11H2,1-2H3. The van der Waals surface area contributed by atoms with Gasteiger partial charge in [0, 0.05) is 39.2 Å². The maximum Gasteiger partial charge on any atom is 0.266 e. The highest BCUT2D eigenvalue weighted by atomic mass is 16.1. The predicted octanol–water partition coefficient (Wildman–Crippen LogP) is 1.59. The smallest absolute Gasteiger partial charge is 0.266 e. The fourth-order valence-corrected chi connectivity index (χ4v) is 3.17. The summed E-state index contributed by atoms with van der Waals surface area (Å²) in [5, 5.41) is 4.36. The fraction of sp³-hybridized carbons (Fsp3) is 0.333. The topological polar surface area (TPSA) is 63.9 Å². The number of aryl methyl sites for hydroxylation is 2. The molecular formula is C18H19N5O. The number of hydrogen-bond donors (Lipinski definition) is 0. The Kier molecular flexibility index (Phi) is 3.61. The molecule has 1 aliphatic rings. The minimum atomic E-state index is -0.0581. The predicted molar refractivity (Wildman–Crippen MR) is 91.6 cm³/mol. The van der Waals surface area contributed by atoms with E-state index in [0.29, 0.717) is 0 Å². The average Bonchev–Trinajstić information content (AvgIpc) is 2.57. The lowest BCUT2D eigenvalue weighted by molar-refractivity contribution is 0.238. The van der Waals surface area contributed by atoms with Gasteiger partial charge in [-0.05, 0) is 24.6 Å². The van der Waals surface area contributed by atoms with Crippen molar-refractivity contribution >= 4 is 11.0 Å². The van der Waals surface area contributed by atoms with Crippen molar-refractivity contribution in [2.45, 2.75) is 26.4 Å². The summed E-state index contributed by atoms with van der Waals surface area (Å²) in [5.41, 5.74) is 5.79. The van der Waals surface area contributed by atoms with E-state index in [1.807, 2.05) is 31.2 Å². The minimum absolute atomic E-state index is 0.0581. The molecule has 0 saturated heterocycles. The Balaban J connectivity index is 1.61. The molecule has 0 radical (unpaired) electrons. The van der Waals surface area contributed by atoms with E-state index in [0.717, 1.165) is 59.7 Å². The summed E-state index contributed by atoms with van der Waals surface area (Å²) >= 11 is 0. The van der Waals surface area contributed by atoms with E-state index in [1.54, 1.807) is 13.1 Å². The highest BCUT2D eigenvalue weighted by Gasteiger charge is 2.20. The number of fused-ring (bicyclic) bond motifs is 2. The SMILES string of the molecule is Cc1nc2ccccc2nc1CN1CCc2nn(C)c(=O)cc2C1. The maximum absolute atomic E-state index is 11.8. The van der Waals surface area contributed by atoms with Crippen molar-refractivity contribution in [2.75, 3.05) is 6.54 Å². The van der Waals surface area contributed by atoms with Crippen LogP contribution in [0.2, 0.25) is 0 Å². The van der Waals surface area contributed by atoms with Gasteiger partial charge in [-0.25, -0.2) is 14.6 Å². The van der Waals surface area contributed by atoms with E-state index in [1.165, 1.54) is 4.68 Å². The van der Waals surface area contributed by atoms with Crippen molar-refractivity contribution in [3.05, 3.63) is 63.3 Å². The first kappa shape index (κ1) is 15.0. The van der Waals surface area contributed by atoms with Crippen LogP contribution in [0, 0.1) is 6.92 Å². The summed E-state index contributed by atoms with van der Waals surface area (Å²) in [4.78, 5) is 23.5. The van der Waals surface area contributed by atoms with Crippen LogP contribution in [0.15, 0.2) is 35.1 Å². The Morgan fingerprint density at radius 3 is 2.71 bits per heavy atom. The molecule has 0 bridgehead atoms. The largest absolute Gasteiger partial charge is 0.293 e.